The molecule has 0 saturated heterocycles. The molecule has 0 bridgehead atoms. The molecule has 1 aliphatic heterocycles. The summed E-state index contributed by atoms with van der Waals surface area (Å²) in [5.41, 5.74) is -10.9. The van der Waals surface area contributed by atoms with Crippen molar-refractivity contribution in [1.82, 2.24) is 0 Å². The molecular formula is C28H25BrF9O2Sb. The fraction of sp³-hybridized carbons (Fsp3) is 0.357. The van der Waals surface area contributed by atoms with Crippen molar-refractivity contribution in [3.8, 4) is 0 Å². The molecule has 0 amide bonds. The van der Waals surface area contributed by atoms with E-state index in [1.807, 2.05) is 20.8 Å². The van der Waals surface area contributed by atoms with Crippen LogP contribution in [0.1, 0.15) is 37.5 Å². The third kappa shape index (κ3) is 4.81. The van der Waals surface area contributed by atoms with Gasteiger partial charge in [0, 0.05) is 0 Å². The number of rotatable bonds is 4. The molecule has 3 aromatic carbocycles. The normalized spacial score (nSPS) is 20.9. The topological polar surface area (TPSA) is 29.5 Å². The summed E-state index contributed by atoms with van der Waals surface area (Å²) in [5, 5.41) is 11.4. The van der Waals surface area contributed by atoms with Crippen LogP contribution < -0.4 is 7.02 Å². The van der Waals surface area contributed by atoms with Crippen molar-refractivity contribution < 1.29 is 47.6 Å². The van der Waals surface area contributed by atoms with E-state index in [0.717, 1.165) is 30.3 Å². The van der Waals surface area contributed by atoms with E-state index in [4.69, 9.17) is 3.02 Å². The van der Waals surface area contributed by atoms with E-state index in [1.54, 1.807) is 0 Å². The first kappa shape index (κ1) is 32.2. The summed E-state index contributed by atoms with van der Waals surface area (Å²) in [6, 6.07) is 14.3. The van der Waals surface area contributed by atoms with Crippen molar-refractivity contribution in [2.24, 2.45) is 0 Å². The first-order valence-electron chi connectivity index (χ1n) is 12.2. The van der Waals surface area contributed by atoms with Crippen LogP contribution in [0.25, 0.3) is 0 Å². The Labute approximate surface area is 237 Å². The minimum absolute atomic E-state index is 0.313. The van der Waals surface area contributed by atoms with E-state index in [1.165, 1.54) is 42.5 Å². The Morgan fingerprint density at radius 2 is 1.20 bits per heavy atom. The van der Waals surface area contributed by atoms with Gasteiger partial charge in [0.1, 0.15) is 0 Å². The first-order valence-corrected chi connectivity index (χ1v) is 23.3. The molecule has 0 aliphatic carbocycles. The van der Waals surface area contributed by atoms with Crippen LogP contribution in [-0.2, 0) is 19.6 Å². The molecule has 0 radical (unpaired) electrons. The molecule has 1 aliphatic rings. The van der Waals surface area contributed by atoms with Gasteiger partial charge in [0.2, 0.25) is 0 Å². The third-order valence-corrected chi connectivity index (χ3v) is 27.8. The van der Waals surface area contributed by atoms with Crippen molar-refractivity contribution in [1.29, 1.82) is 0 Å². The van der Waals surface area contributed by atoms with E-state index >= 15 is 0 Å². The van der Waals surface area contributed by atoms with Crippen molar-refractivity contribution in [3.05, 3.63) is 95.6 Å². The Morgan fingerprint density at radius 3 is 1.66 bits per heavy atom. The van der Waals surface area contributed by atoms with Gasteiger partial charge in [-0.05, 0) is 0 Å². The summed E-state index contributed by atoms with van der Waals surface area (Å²) in [6.45, 7) is 5.42. The standard InChI is InChI=1S/C10H13.C9H4F6O.C9H8F3O.BrH.Sb/c1-10(2,3)9-7-5-4-6-8-9;10-8(11,12)7(16,9(13,14)15)6-4-2-1-3-5-6;1-8(13,9(10,11)12)7-5-3-2-4-6-7;;/h5-8H,1-3H3;1-4H;2-6,13H,1H2;1H;/q;-1;;;+2/p-1/t;;8-;;/m..1../s1. The summed E-state index contributed by atoms with van der Waals surface area (Å²) in [4.78, 5) is 0. The van der Waals surface area contributed by atoms with E-state index in [2.05, 4.69) is 12.6 Å². The number of benzene rings is 3. The van der Waals surface area contributed by atoms with Crippen LogP contribution >= 0.6 is 12.6 Å². The molecule has 2 nitrogen and oxygen atoms in total. The van der Waals surface area contributed by atoms with Gasteiger partial charge in [-0.15, -0.1) is 0 Å². The predicted octanol–water partition coefficient (Wildman–Crippen LogP) is 7.69. The average molecular weight is 766 g/mol. The molecule has 1 atom stereocenters. The number of fused-ring (bicyclic) bond motifs is 1. The van der Waals surface area contributed by atoms with E-state index in [-0.39, 0.29) is 3.51 Å². The zero-order valence-electron chi connectivity index (χ0n) is 21.8. The van der Waals surface area contributed by atoms with Gasteiger partial charge in [-0.25, -0.2) is 0 Å². The van der Waals surface area contributed by atoms with Gasteiger partial charge in [-0.3, -0.25) is 0 Å². The van der Waals surface area contributed by atoms with Gasteiger partial charge in [0.05, 0.1) is 0 Å². The van der Waals surface area contributed by atoms with Crippen molar-refractivity contribution >= 4 is 35.2 Å². The second kappa shape index (κ2) is 9.63. The number of halogens is 10. The van der Waals surface area contributed by atoms with Gasteiger partial charge >= 0.3 is 239 Å². The zero-order chi connectivity index (χ0) is 30.9. The maximum atomic E-state index is 14.8. The van der Waals surface area contributed by atoms with Gasteiger partial charge in [0.25, 0.3) is 0 Å². The van der Waals surface area contributed by atoms with Crippen LogP contribution in [0.4, 0.5) is 39.5 Å². The maximum absolute atomic E-state index is 14.8. The first-order chi connectivity index (χ1) is 18.5. The summed E-state index contributed by atoms with van der Waals surface area (Å²) < 4.78 is 135. The van der Waals surface area contributed by atoms with Crippen LogP contribution in [0.15, 0.2) is 78.9 Å². The zero-order valence-corrected chi connectivity index (χ0v) is 25.9. The quantitative estimate of drug-likeness (QED) is 0.218. The molecule has 0 unspecified atom stereocenters. The van der Waals surface area contributed by atoms with E-state index in [0.29, 0.717) is 11.6 Å². The number of hydrogen-bond donors (Lipinski definition) is 1. The molecular weight excluding hydrogens is 741 g/mol. The molecule has 0 saturated carbocycles. The third-order valence-electron chi connectivity index (χ3n) is 7.37. The number of alkyl halides is 9. The van der Waals surface area contributed by atoms with Crippen molar-refractivity contribution in [2.45, 2.75) is 60.3 Å². The van der Waals surface area contributed by atoms with Gasteiger partial charge < -0.3 is 0 Å². The summed E-state index contributed by atoms with van der Waals surface area (Å²) >= 11 is -3.97. The summed E-state index contributed by atoms with van der Waals surface area (Å²) in [7, 11) is 0. The molecule has 4 rings (SSSR count). The molecule has 0 spiro atoms. The van der Waals surface area contributed by atoms with Gasteiger partial charge in [0.15, 0.2) is 0 Å². The second-order valence-electron chi connectivity index (χ2n) is 11.1. The minimum atomic E-state index is -7.11. The molecule has 3 aromatic rings. The van der Waals surface area contributed by atoms with Crippen LogP contribution in [0, 0.1) is 0 Å². The Kier molecular flexibility index (Phi) is 7.55. The Hall–Kier alpha value is -1.75. The predicted molar refractivity (Wildman–Crippen MR) is 142 cm³/mol. The Bertz CT molecular complexity index is 1420. The van der Waals surface area contributed by atoms with Gasteiger partial charge in [-0.1, -0.05) is 0 Å². The van der Waals surface area contributed by atoms with Crippen molar-refractivity contribution in [2.75, 3.05) is 0 Å². The molecule has 1 heterocycles. The Balaban J connectivity index is 2.18. The average Bonchev–Trinajstić information content (AvgIpc) is 3.12. The van der Waals surface area contributed by atoms with Crippen LogP contribution in [-0.4, -0.2) is 39.2 Å². The molecule has 13 heteroatoms. The SMILES string of the molecule is CC(C)(C)c1cc[c]([Sb]2([Br])([CH2][C@@](O)(c3ccccc3)C(F)(F)F)[O]C(C(F)(F)F)(C(F)(F)F)c3cccc[c]32)cc1. The molecule has 224 valence electrons. The molecule has 0 fully saturated rings. The molecule has 41 heavy (non-hydrogen) atoms. The summed E-state index contributed by atoms with van der Waals surface area (Å²) in [5.74, 6) is 0. The number of hydrogen-bond acceptors (Lipinski definition) is 2. The second-order valence-corrected chi connectivity index (χ2v) is 31.7. The van der Waals surface area contributed by atoms with E-state index < -0.39 is 69.7 Å². The fourth-order valence-corrected chi connectivity index (χ4v) is 26.5. The number of aliphatic hydroxyl groups is 1. The molecule has 0 aromatic heterocycles. The van der Waals surface area contributed by atoms with Crippen LogP contribution in [0.3, 0.4) is 0 Å². The van der Waals surface area contributed by atoms with E-state index in [9.17, 15) is 44.6 Å². The molecule has 1 N–H and O–H groups in total. The van der Waals surface area contributed by atoms with Crippen LogP contribution in [0.5, 0.6) is 0 Å². The summed E-state index contributed by atoms with van der Waals surface area (Å²) in [6.07, 6.45) is -17.8. The monoisotopic (exact) mass is 764 g/mol. The van der Waals surface area contributed by atoms with Gasteiger partial charge in [-0.2, -0.15) is 0 Å². The van der Waals surface area contributed by atoms with Crippen molar-refractivity contribution in [3.63, 3.8) is 0 Å². The van der Waals surface area contributed by atoms with Crippen LogP contribution in [0.2, 0.25) is 4.37 Å². The Morgan fingerprint density at radius 1 is 0.707 bits per heavy atom. The fourth-order valence-electron chi connectivity index (χ4n) is 5.24.